The van der Waals surface area contributed by atoms with Crippen LogP contribution >= 0.6 is 11.3 Å². The van der Waals surface area contributed by atoms with Gasteiger partial charge in [0.05, 0.1) is 6.04 Å². The standard InChI is InChI=1S/C16H19NOS/c1-3-17(14-8-5-4-6-9-14)15(12-13(2)18)16-10-7-11-19-16/h4-11,15H,3,12H2,1-2H3. The predicted octanol–water partition coefficient (Wildman–Crippen LogP) is 4.29. The molecule has 0 aliphatic heterocycles. The second kappa shape index (κ2) is 6.53. The van der Waals surface area contributed by atoms with Crippen LogP contribution in [0.1, 0.15) is 31.2 Å². The number of carbonyl (C=O) groups excluding carboxylic acids is 1. The van der Waals surface area contributed by atoms with Crippen molar-refractivity contribution >= 4 is 22.8 Å². The molecule has 0 radical (unpaired) electrons. The van der Waals surface area contributed by atoms with E-state index in [0.29, 0.717) is 6.42 Å². The summed E-state index contributed by atoms with van der Waals surface area (Å²) in [5.74, 6) is 0.229. The van der Waals surface area contributed by atoms with Crippen molar-refractivity contribution < 1.29 is 4.79 Å². The summed E-state index contributed by atoms with van der Waals surface area (Å²) in [5, 5.41) is 2.07. The van der Waals surface area contributed by atoms with Crippen molar-refractivity contribution in [3.05, 3.63) is 52.7 Å². The van der Waals surface area contributed by atoms with Crippen molar-refractivity contribution in [2.24, 2.45) is 0 Å². The van der Waals surface area contributed by atoms with Gasteiger partial charge < -0.3 is 4.90 Å². The molecule has 1 heterocycles. The average Bonchev–Trinajstić information content (AvgIpc) is 2.93. The molecule has 1 aromatic heterocycles. The lowest BCUT2D eigenvalue weighted by molar-refractivity contribution is -0.117. The Labute approximate surface area is 118 Å². The minimum atomic E-state index is 0.143. The Morgan fingerprint density at radius 3 is 2.47 bits per heavy atom. The van der Waals surface area contributed by atoms with Crippen molar-refractivity contribution in [1.29, 1.82) is 0 Å². The molecule has 2 rings (SSSR count). The van der Waals surface area contributed by atoms with Gasteiger partial charge in [0, 0.05) is 23.5 Å². The van der Waals surface area contributed by atoms with E-state index in [4.69, 9.17) is 0 Å². The van der Waals surface area contributed by atoms with Gasteiger partial charge in [0.25, 0.3) is 0 Å². The van der Waals surface area contributed by atoms with Gasteiger partial charge in [-0.05, 0) is 37.4 Å². The van der Waals surface area contributed by atoms with Crippen LogP contribution in [0.25, 0.3) is 0 Å². The zero-order valence-corrected chi connectivity index (χ0v) is 12.2. The van der Waals surface area contributed by atoms with Gasteiger partial charge in [-0.25, -0.2) is 0 Å². The van der Waals surface area contributed by atoms with Crippen LogP contribution in [-0.2, 0) is 4.79 Å². The van der Waals surface area contributed by atoms with E-state index in [2.05, 4.69) is 35.4 Å². The highest BCUT2D eigenvalue weighted by molar-refractivity contribution is 7.10. The maximum Gasteiger partial charge on any atom is 0.132 e. The lowest BCUT2D eigenvalue weighted by atomic mass is 10.1. The summed E-state index contributed by atoms with van der Waals surface area (Å²) in [5.41, 5.74) is 1.17. The Balaban J connectivity index is 2.33. The number of rotatable bonds is 6. The fourth-order valence-corrected chi connectivity index (χ4v) is 3.16. The van der Waals surface area contributed by atoms with Crippen molar-refractivity contribution in [2.45, 2.75) is 26.3 Å². The SMILES string of the molecule is CCN(c1ccccc1)C(CC(C)=O)c1cccs1. The third-order valence-electron chi connectivity index (χ3n) is 3.16. The van der Waals surface area contributed by atoms with Gasteiger partial charge in [0.15, 0.2) is 0 Å². The van der Waals surface area contributed by atoms with Gasteiger partial charge in [-0.1, -0.05) is 24.3 Å². The Kier molecular flexibility index (Phi) is 4.74. The molecule has 0 spiro atoms. The van der Waals surface area contributed by atoms with Crippen molar-refractivity contribution in [2.75, 3.05) is 11.4 Å². The normalized spacial score (nSPS) is 12.1. The van der Waals surface area contributed by atoms with E-state index in [9.17, 15) is 4.79 Å². The summed E-state index contributed by atoms with van der Waals surface area (Å²) >= 11 is 1.72. The fraction of sp³-hybridized carbons (Fsp3) is 0.312. The van der Waals surface area contributed by atoms with Gasteiger partial charge in [-0.3, -0.25) is 4.79 Å². The summed E-state index contributed by atoms with van der Waals surface area (Å²) in [6.07, 6.45) is 0.559. The van der Waals surface area contributed by atoms with Gasteiger partial charge in [-0.2, -0.15) is 0 Å². The monoisotopic (exact) mass is 273 g/mol. The zero-order chi connectivity index (χ0) is 13.7. The summed E-state index contributed by atoms with van der Waals surface area (Å²) < 4.78 is 0. The minimum absolute atomic E-state index is 0.143. The number of Topliss-reactive ketones (excluding diaryl/α,β-unsaturated/α-hetero) is 1. The first-order valence-electron chi connectivity index (χ1n) is 6.57. The molecule has 0 saturated carbocycles. The molecule has 0 aliphatic rings. The molecule has 2 nitrogen and oxygen atoms in total. The minimum Gasteiger partial charge on any atom is -0.364 e. The van der Waals surface area contributed by atoms with Gasteiger partial charge in [0.1, 0.15) is 5.78 Å². The molecule has 0 fully saturated rings. The van der Waals surface area contributed by atoms with E-state index in [1.807, 2.05) is 24.3 Å². The highest BCUT2D eigenvalue weighted by Crippen LogP contribution is 2.32. The molecule has 3 heteroatoms. The lowest BCUT2D eigenvalue weighted by Gasteiger charge is -2.31. The van der Waals surface area contributed by atoms with Crippen LogP contribution in [-0.4, -0.2) is 12.3 Å². The van der Waals surface area contributed by atoms with Crippen molar-refractivity contribution in [3.8, 4) is 0 Å². The number of anilines is 1. The molecule has 0 aliphatic carbocycles. The van der Waals surface area contributed by atoms with Crippen LogP contribution in [0.15, 0.2) is 47.8 Å². The van der Waals surface area contributed by atoms with E-state index in [1.165, 1.54) is 10.6 Å². The Hall–Kier alpha value is -1.61. The maximum atomic E-state index is 11.6. The number of carbonyl (C=O) groups is 1. The third-order valence-corrected chi connectivity index (χ3v) is 4.13. The first-order chi connectivity index (χ1) is 9.22. The lowest BCUT2D eigenvalue weighted by Crippen LogP contribution is -2.29. The highest BCUT2D eigenvalue weighted by atomic mass is 32.1. The molecule has 1 unspecified atom stereocenters. The second-order valence-corrected chi connectivity index (χ2v) is 5.54. The molecule has 1 aromatic carbocycles. The van der Waals surface area contributed by atoms with Crippen LogP contribution < -0.4 is 4.90 Å². The molecular weight excluding hydrogens is 254 g/mol. The van der Waals surface area contributed by atoms with Crippen LogP contribution in [0.4, 0.5) is 5.69 Å². The third kappa shape index (κ3) is 3.44. The van der Waals surface area contributed by atoms with E-state index in [1.54, 1.807) is 18.3 Å². The molecule has 1 atom stereocenters. The van der Waals surface area contributed by atoms with Crippen molar-refractivity contribution in [1.82, 2.24) is 0 Å². The number of hydrogen-bond acceptors (Lipinski definition) is 3. The van der Waals surface area contributed by atoms with Crippen LogP contribution in [0.3, 0.4) is 0 Å². The Morgan fingerprint density at radius 2 is 1.95 bits per heavy atom. The summed E-state index contributed by atoms with van der Waals surface area (Å²) in [6, 6.07) is 14.6. The summed E-state index contributed by atoms with van der Waals surface area (Å²) in [6.45, 7) is 4.69. The predicted molar refractivity (Wildman–Crippen MR) is 81.8 cm³/mol. The number of nitrogens with zero attached hydrogens (tertiary/aromatic N) is 1. The van der Waals surface area contributed by atoms with E-state index < -0.39 is 0 Å². The van der Waals surface area contributed by atoms with Gasteiger partial charge in [-0.15, -0.1) is 11.3 Å². The number of hydrogen-bond donors (Lipinski definition) is 0. The summed E-state index contributed by atoms with van der Waals surface area (Å²) in [7, 11) is 0. The quantitative estimate of drug-likeness (QED) is 0.782. The van der Waals surface area contributed by atoms with E-state index in [-0.39, 0.29) is 11.8 Å². The highest BCUT2D eigenvalue weighted by Gasteiger charge is 2.22. The molecule has 0 N–H and O–H groups in total. The van der Waals surface area contributed by atoms with E-state index in [0.717, 1.165) is 6.54 Å². The molecule has 2 aromatic rings. The first-order valence-corrected chi connectivity index (χ1v) is 7.45. The zero-order valence-electron chi connectivity index (χ0n) is 11.4. The number of para-hydroxylation sites is 1. The van der Waals surface area contributed by atoms with Gasteiger partial charge in [0.2, 0.25) is 0 Å². The largest absolute Gasteiger partial charge is 0.364 e. The smallest absolute Gasteiger partial charge is 0.132 e. The number of ketones is 1. The van der Waals surface area contributed by atoms with Crippen LogP contribution in [0.5, 0.6) is 0 Å². The number of thiophene rings is 1. The molecule has 100 valence electrons. The molecule has 0 amide bonds. The first kappa shape index (κ1) is 13.8. The van der Waals surface area contributed by atoms with Crippen molar-refractivity contribution in [3.63, 3.8) is 0 Å². The van der Waals surface area contributed by atoms with Crippen LogP contribution in [0.2, 0.25) is 0 Å². The molecular formula is C16H19NOS. The summed E-state index contributed by atoms with van der Waals surface area (Å²) in [4.78, 5) is 15.1. The topological polar surface area (TPSA) is 20.3 Å². The van der Waals surface area contributed by atoms with E-state index >= 15 is 0 Å². The maximum absolute atomic E-state index is 11.6. The molecule has 0 saturated heterocycles. The number of benzene rings is 1. The fourth-order valence-electron chi connectivity index (χ4n) is 2.32. The van der Waals surface area contributed by atoms with Gasteiger partial charge >= 0.3 is 0 Å². The second-order valence-electron chi connectivity index (χ2n) is 4.56. The molecule has 19 heavy (non-hydrogen) atoms. The Morgan fingerprint density at radius 1 is 1.21 bits per heavy atom. The van der Waals surface area contributed by atoms with Crippen LogP contribution in [0, 0.1) is 0 Å². The Bertz CT molecular complexity index is 507. The molecule has 0 bridgehead atoms. The average molecular weight is 273 g/mol.